The molecule has 2 amide bonds. The predicted octanol–water partition coefficient (Wildman–Crippen LogP) is 3.54. The summed E-state index contributed by atoms with van der Waals surface area (Å²) in [5.74, 6) is -2.79. The van der Waals surface area contributed by atoms with Crippen molar-refractivity contribution >= 4 is 11.8 Å². The number of halogens is 3. The van der Waals surface area contributed by atoms with Crippen LogP contribution in [-0.4, -0.2) is 41.8 Å². The first kappa shape index (κ1) is 20.9. The number of piperidine rings is 1. The summed E-state index contributed by atoms with van der Waals surface area (Å²) in [5, 5.41) is 0. The molecule has 3 rings (SSSR count). The highest BCUT2D eigenvalue weighted by Crippen LogP contribution is 2.21. The molecule has 0 spiro atoms. The van der Waals surface area contributed by atoms with Crippen molar-refractivity contribution in [2.75, 3.05) is 20.1 Å². The maximum absolute atomic E-state index is 13.4. The summed E-state index contributed by atoms with van der Waals surface area (Å²) >= 11 is 0. The third-order valence-corrected chi connectivity index (χ3v) is 5.17. The molecule has 0 bridgehead atoms. The van der Waals surface area contributed by atoms with Crippen LogP contribution in [0.4, 0.5) is 13.2 Å². The van der Waals surface area contributed by atoms with Gasteiger partial charge in [0.1, 0.15) is 5.82 Å². The lowest BCUT2D eigenvalue weighted by Gasteiger charge is -2.34. The van der Waals surface area contributed by atoms with Crippen molar-refractivity contribution in [3.8, 4) is 0 Å². The average Bonchev–Trinajstić information content (AvgIpc) is 2.72. The van der Waals surface area contributed by atoms with Crippen LogP contribution in [0.3, 0.4) is 0 Å². The molecule has 29 heavy (non-hydrogen) atoms. The van der Waals surface area contributed by atoms with Crippen LogP contribution < -0.4 is 0 Å². The summed E-state index contributed by atoms with van der Waals surface area (Å²) in [6.07, 6.45) is 1.54. The average molecular weight is 404 g/mol. The van der Waals surface area contributed by atoms with E-state index in [0.29, 0.717) is 31.5 Å². The van der Waals surface area contributed by atoms with E-state index in [1.807, 2.05) is 0 Å². The van der Waals surface area contributed by atoms with E-state index in [4.69, 9.17) is 0 Å². The number of rotatable bonds is 5. The molecule has 1 atom stereocenters. The minimum Gasteiger partial charge on any atom is -0.342 e. The summed E-state index contributed by atoms with van der Waals surface area (Å²) in [4.78, 5) is 28.5. The molecule has 1 saturated heterocycles. The van der Waals surface area contributed by atoms with Crippen LogP contribution in [0.15, 0.2) is 42.5 Å². The number of likely N-dealkylation sites (tertiary alicyclic amines) is 1. The number of hydrogen-bond acceptors (Lipinski definition) is 2. The Labute approximate surface area is 167 Å². The molecule has 7 heteroatoms. The highest BCUT2D eigenvalue weighted by Gasteiger charge is 2.30. The van der Waals surface area contributed by atoms with Gasteiger partial charge in [0.2, 0.25) is 11.8 Å². The van der Waals surface area contributed by atoms with Crippen molar-refractivity contribution in [1.29, 1.82) is 0 Å². The van der Waals surface area contributed by atoms with Gasteiger partial charge in [0.15, 0.2) is 11.6 Å². The number of benzene rings is 2. The van der Waals surface area contributed by atoms with Crippen molar-refractivity contribution in [3.05, 3.63) is 71.0 Å². The standard InChI is InChI=1S/C22H23F3N2O2/c1-26(13-16-6-9-19(24)20(25)11-16)22(29)17-3-2-10-27(14-17)21(28)12-15-4-7-18(23)8-5-15/h4-9,11,17H,2-3,10,12-14H2,1H3. The fraction of sp³-hybridized carbons (Fsp3) is 0.364. The smallest absolute Gasteiger partial charge is 0.227 e. The molecule has 2 aromatic carbocycles. The Hall–Kier alpha value is -2.83. The van der Waals surface area contributed by atoms with Crippen LogP contribution in [0.25, 0.3) is 0 Å². The fourth-order valence-electron chi connectivity index (χ4n) is 3.60. The largest absolute Gasteiger partial charge is 0.342 e. The van der Waals surface area contributed by atoms with Gasteiger partial charge in [-0.25, -0.2) is 13.2 Å². The van der Waals surface area contributed by atoms with Crippen molar-refractivity contribution in [2.24, 2.45) is 5.92 Å². The van der Waals surface area contributed by atoms with E-state index in [1.54, 1.807) is 24.1 Å². The van der Waals surface area contributed by atoms with Crippen LogP contribution in [0, 0.1) is 23.4 Å². The molecule has 0 radical (unpaired) electrons. The SMILES string of the molecule is CN(Cc1ccc(F)c(F)c1)C(=O)C1CCCN(C(=O)Cc2ccc(F)cc2)C1. The molecular formula is C22H23F3N2O2. The lowest BCUT2D eigenvalue weighted by Crippen LogP contribution is -2.46. The minimum absolute atomic E-state index is 0.0997. The van der Waals surface area contributed by atoms with Gasteiger partial charge in [0.05, 0.1) is 12.3 Å². The summed E-state index contributed by atoms with van der Waals surface area (Å²) in [7, 11) is 1.61. The second-order valence-corrected chi connectivity index (χ2v) is 7.42. The van der Waals surface area contributed by atoms with Gasteiger partial charge in [-0.3, -0.25) is 9.59 Å². The zero-order valence-electron chi connectivity index (χ0n) is 16.2. The van der Waals surface area contributed by atoms with Crippen molar-refractivity contribution in [2.45, 2.75) is 25.8 Å². The van der Waals surface area contributed by atoms with E-state index in [0.717, 1.165) is 17.7 Å². The van der Waals surface area contributed by atoms with E-state index < -0.39 is 11.6 Å². The summed E-state index contributed by atoms with van der Waals surface area (Å²) in [5.41, 5.74) is 1.22. The molecule has 2 aromatic rings. The Morgan fingerprint density at radius 3 is 2.41 bits per heavy atom. The molecule has 1 aliphatic heterocycles. The quantitative estimate of drug-likeness (QED) is 0.765. The molecule has 0 aromatic heterocycles. The molecule has 4 nitrogen and oxygen atoms in total. The highest BCUT2D eigenvalue weighted by atomic mass is 19.2. The Balaban J connectivity index is 1.58. The summed E-state index contributed by atoms with van der Waals surface area (Å²) in [6.45, 7) is 1.06. The first-order valence-electron chi connectivity index (χ1n) is 9.54. The monoisotopic (exact) mass is 404 g/mol. The summed E-state index contributed by atoms with van der Waals surface area (Å²) < 4.78 is 39.5. The van der Waals surface area contributed by atoms with Gasteiger partial charge in [-0.15, -0.1) is 0 Å². The van der Waals surface area contributed by atoms with Gasteiger partial charge >= 0.3 is 0 Å². The third-order valence-electron chi connectivity index (χ3n) is 5.17. The lowest BCUT2D eigenvalue weighted by atomic mass is 9.95. The van der Waals surface area contributed by atoms with Crippen LogP contribution in [0.2, 0.25) is 0 Å². The van der Waals surface area contributed by atoms with Gasteiger partial charge in [-0.2, -0.15) is 0 Å². The number of amides is 2. The zero-order valence-corrected chi connectivity index (χ0v) is 16.2. The van der Waals surface area contributed by atoms with Gasteiger partial charge in [0.25, 0.3) is 0 Å². The van der Waals surface area contributed by atoms with Crippen LogP contribution in [-0.2, 0) is 22.6 Å². The molecular weight excluding hydrogens is 381 g/mol. The number of carbonyl (C=O) groups is 2. The summed E-state index contributed by atoms with van der Waals surface area (Å²) in [6, 6.07) is 9.36. The molecule has 1 fully saturated rings. The minimum atomic E-state index is -0.946. The highest BCUT2D eigenvalue weighted by molar-refractivity contribution is 5.82. The van der Waals surface area contributed by atoms with Gasteiger partial charge in [0, 0.05) is 26.7 Å². The van der Waals surface area contributed by atoms with E-state index in [-0.39, 0.29) is 36.5 Å². The third kappa shape index (κ3) is 5.37. The molecule has 1 heterocycles. The maximum atomic E-state index is 13.4. The number of hydrogen-bond donors (Lipinski definition) is 0. The second-order valence-electron chi connectivity index (χ2n) is 7.42. The predicted molar refractivity (Wildman–Crippen MR) is 102 cm³/mol. The molecule has 154 valence electrons. The maximum Gasteiger partial charge on any atom is 0.227 e. The molecule has 1 aliphatic rings. The van der Waals surface area contributed by atoms with Crippen LogP contribution >= 0.6 is 0 Å². The van der Waals surface area contributed by atoms with Crippen molar-refractivity contribution in [1.82, 2.24) is 9.80 Å². The van der Waals surface area contributed by atoms with Crippen molar-refractivity contribution in [3.63, 3.8) is 0 Å². The van der Waals surface area contributed by atoms with E-state index in [2.05, 4.69) is 0 Å². The first-order valence-corrected chi connectivity index (χ1v) is 9.54. The number of carbonyl (C=O) groups excluding carboxylic acids is 2. The lowest BCUT2D eigenvalue weighted by molar-refractivity contribution is -0.140. The zero-order chi connectivity index (χ0) is 21.0. The van der Waals surface area contributed by atoms with Gasteiger partial charge in [-0.05, 0) is 48.2 Å². The van der Waals surface area contributed by atoms with E-state index in [1.165, 1.54) is 23.1 Å². The van der Waals surface area contributed by atoms with Crippen LogP contribution in [0.5, 0.6) is 0 Å². The Morgan fingerprint density at radius 1 is 1.03 bits per heavy atom. The van der Waals surface area contributed by atoms with Crippen LogP contribution in [0.1, 0.15) is 24.0 Å². The molecule has 0 aliphatic carbocycles. The molecule has 0 N–H and O–H groups in total. The van der Waals surface area contributed by atoms with Gasteiger partial charge < -0.3 is 9.80 Å². The molecule has 1 unspecified atom stereocenters. The van der Waals surface area contributed by atoms with Gasteiger partial charge in [-0.1, -0.05) is 18.2 Å². The number of nitrogens with zero attached hydrogens (tertiary/aromatic N) is 2. The van der Waals surface area contributed by atoms with Crippen molar-refractivity contribution < 1.29 is 22.8 Å². The topological polar surface area (TPSA) is 40.6 Å². The Morgan fingerprint density at radius 2 is 1.72 bits per heavy atom. The van der Waals surface area contributed by atoms with E-state index in [9.17, 15) is 22.8 Å². The molecule has 0 saturated carbocycles. The van der Waals surface area contributed by atoms with E-state index >= 15 is 0 Å². The fourth-order valence-corrected chi connectivity index (χ4v) is 3.60. The Bertz CT molecular complexity index is 886. The first-order chi connectivity index (χ1) is 13.8. The second kappa shape index (κ2) is 9.11. The Kier molecular flexibility index (Phi) is 6.56. The normalized spacial score (nSPS) is 16.6.